The van der Waals surface area contributed by atoms with E-state index in [2.05, 4.69) is 15.7 Å². The Kier molecular flexibility index (Phi) is 7.03. The Morgan fingerprint density at radius 2 is 1.91 bits per heavy atom. The molecule has 0 spiro atoms. The predicted molar refractivity (Wildman–Crippen MR) is 121 cm³/mol. The van der Waals surface area contributed by atoms with Crippen molar-refractivity contribution in [1.82, 2.24) is 20.4 Å². The van der Waals surface area contributed by atoms with Gasteiger partial charge in [-0.3, -0.25) is 14.3 Å². The molecule has 0 radical (unpaired) electrons. The highest BCUT2D eigenvalue weighted by Crippen LogP contribution is 2.43. The Labute approximate surface area is 196 Å². The van der Waals surface area contributed by atoms with Crippen LogP contribution in [-0.4, -0.2) is 60.5 Å². The molecule has 2 amide bonds. The summed E-state index contributed by atoms with van der Waals surface area (Å²) in [6.45, 7) is 5.09. The molecule has 1 atom stereocenters. The van der Waals surface area contributed by atoms with Crippen LogP contribution in [0, 0.1) is 17.2 Å². The van der Waals surface area contributed by atoms with Crippen LogP contribution in [0.5, 0.6) is 0 Å². The van der Waals surface area contributed by atoms with E-state index in [0.717, 1.165) is 6.26 Å². The predicted octanol–water partition coefficient (Wildman–Crippen LogP) is 2.53. The fourth-order valence-electron chi connectivity index (χ4n) is 3.99. The van der Waals surface area contributed by atoms with Gasteiger partial charge in [0.05, 0.1) is 5.75 Å². The number of hydrogen-bond donors (Lipinski definition) is 2. The minimum absolute atomic E-state index is 0.0350. The van der Waals surface area contributed by atoms with Crippen LogP contribution in [0.25, 0.3) is 10.9 Å². The largest absolute Gasteiger partial charge is 0.353 e. The van der Waals surface area contributed by atoms with Gasteiger partial charge in [-0.1, -0.05) is 32.9 Å². The molecule has 8 nitrogen and oxygen atoms in total. The van der Waals surface area contributed by atoms with E-state index in [4.69, 9.17) is 0 Å². The lowest BCUT2D eigenvalue weighted by Gasteiger charge is -2.34. The Morgan fingerprint density at radius 3 is 2.47 bits per heavy atom. The standard InChI is InChI=1S/C22H29F3N4O4S/c1-21(2,3)18(20(31)26-8-9-34(4,32)33)27-19(30)16-14-6-5-7-15(23)17(14)29(28-16)12-13-10-22(24,25)11-13/h5-7,13,18H,8-12H2,1-4H3,(H,26,31)(H,27,30). The molecular weight excluding hydrogens is 473 g/mol. The topological polar surface area (TPSA) is 110 Å². The van der Waals surface area contributed by atoms with E-state index < -0.39 is 50.8 Å². The van der Waals surface area contributed by atoms with Gasteiger partial charge in [0.15, 0.2) is 5.69 Å². The van der Waals surface area contributed by atoms with Gasteiger partial charge in [0.25, 0.3) is 5.91 Å². The number of alkyl halides is 2. The number of aromatic nitrogens is 2. The van der Waals surface area contributed by atoms with Crippen molar-refractivity contribution in [2.24, 2.45) is 11.3 Å². The van der Waals surface area contributed by atoms with E-state index in [1.807, 2.05) is 0 Å². The SMILES string of the molecule is CC(C)(C)C(NC(=O)c1nn(CC2CC(F)(F)C2)c2c(F)cccc12)C(=O)NCCS(C)(=O)=O. The molecule has 2 aromatic rings. The third-order valence-corrected chi connectivity index (χ3v) is 6.66. The summed E-state index contributed by atoms with van der Waals surface area (Å²) in [4.78, 5) is 25.9. The van der Waals surface area contributed by atoms with Crippen molar-refractivity contribution in [2.75, 3.05) is 18.6 Å². The molecule has 0 saturated heterocycles. The molecule has 0 aliphatic heterocycles. The molecule has 1 aliphatic carbocycles. The van der Waals surface area contributed by atoms with Gasteiger partial charge in [0.1, 0.15) is 27.2 Å². The van der Waals surface area contributed by atoms with Crippen molar-refractivity contribution in [1.29, 1.82) is 0 Å². The smallest absolute Gasteiger partial charge is 0.273 e. The zero-order chi connectivity index (χ0) is 25.5. The lowest BCUT2D eigenvalue weighted by Crippen LogP contribution is -2.54. The number of fused-ring (bicyclic) bond motifs is 1. The number of benzene rings is 1. The first-order valence-electron chi connectivity index (χ1n) is 10.9. The van der Waals surface area contributed by atoms with Crippen molar-refractivity contribution < 1.29 is 31.2 Å². The molecule has 1 saturated carbocycles. The highest BCUT2D eigenvalue weighted by molar-refractivity contribution is 7.90. The molecule has 1 fully saturated rings. The van der Waals surface area contributed by atoms with E-state index in [-0.39, 0.29) is 48.3 Å². The van der Waals surface area contributed by atoms with Gasteiger partial charge in [0, 0.05) is 37.6 Å². The van der Waals surface area contributed by atoms with Crippen LogP contribution in [0.4, 0.5) is 13.2 Å². The maximum atomic E-state index is 14.6. The van der Waals surface area contributed by atoms with Gasteiger partial charge in [-0.25, -0.2) is 21.6 Å². The summed E-state index contributed by atoms with van der Waals surface area (Å²) >= 11 is 0. The summed E-state index contributed by atoms with van der Waals surface area (Å²) in [5.41, 5.74) is -0.835. The van der Waals surface area contributed by atoms with E-state index >= 15 is 0 Å². The fraction of sp³-hybridized carbons (Fsp3) is 0.591. The molecule has 1 aromatic heterocycles. The Hall–Kier alpha value is -2.63. The highest BCUT2D eigenvalue weighted by Gasteiger charge is 2.45. The Bertz CT molecular complexity index is 1200. The van der Waals surface area contributed by atoms with E-state index in [1.165, 1.54) is 22.9 Å². The average molecular weight is 503 g/mol. The third kappa shape index (κ3) is 6.08. The molecule has 3 rings (SSSR count). The molecule has 1 aromatic carbocycles. The fourth-order valence-corrected chi connectivity index (χ4v) is 4.46. The third-order valence-electron chi connectivity index (χ3n) is 5.72. The number of halogens is 3. The molecule has 12 heteroatoms. The molecule has 1 unspecified atom stereocenters. The van der Waals surface area contributed by atoms with Crippen LogP contribution in [0.3, 0.4) is 0 Å². The summed E-state index contributed by atoms with van der Waals surface area (Å²) in [5, 5.41) is 9.55. The van der Waals surface area contributed by atoms with E-state index in [9.17, 15) is 31.2 Å². The van der Waals surface area contributed by atoms with Crippen molar-refractivity contribution in [3.63, 3.8) is 0 Å². The zero-order valence-corrected chi connectivity index (χ0v) is 20.3. The van der Waals surface area contributed by atoms with Gasteiger partial charge >= 0.3 is 0 Å². The van der Waals surface area contributed by atoms with Gasteiger partial charge < -0.3 is 10.6 Å². The number of carbonyl (C=O) groups excluding carboxylic acids is 2. The van der Waals surface area contributed by atoms with Gasteiger partial charge in [-0.2, -0.15) is 5.10 Å². The summed E-state index contributed by atoms with van der Waals surface area (Å²) in [6, 6.07) is 3.07. The molecule has 0 bridgehead atoms. The average Bonchev–Trinajstić information content (AvgIpc) is 3.02. The van der Waals surface area contributed by atoms with Crippen molar-refractivity contribution in [2.45, 2.75) is 52.1 Å². The summed E-state index contributed by atoms with van der Waals surface area (Å²) in [6.07, 6.45) is 0.391. The molecule has 188 valence electrons. The summed E-state index contributed by atoms with van der Waals surface area (Å²) in [7, 11) is -3.28. The molecule has 1 aliphatic rings. The lowest BCUT2D eigenvalue weighted by molar-refractivity contribution is -0.125. The monoisotopic (exact) mass is 502 g/mol. The van der Waals surface area contributed by atoms with Crippen LogP contribution in [0.2, 0.25) is 0 Å². The number of sulfone groups is 1. The summed E-state index contributed by atoms with van der Waals surface area (Å²) < 4.78 is 65.0. The van der Waals surface area contributed by atoms with Crippen LogP contribution < -0.4 is 10.6 Å². The van der Waals surface area contributed by atoms with Crippen molar-refractivity contribution >= 4 is 32.6 Å². The number of hydrogen-bond acceptors (Lipinski definition) is 5. The van der Waals surface area contributed by atoms with Crippen LogP contribution in [0.1, 0.15) is 44.1 Å². The Balaban J connectivity index is 1.84. The highest BCUT2D eigenvalue weighted by atomic mass is 32.2. The quantitative estimate of drug-likeness (QED) is 0.577. The summed E-state index contributed by atoms with van der Waals surface area (Å²) in [5.74, 6) is -5.32. The second-order valence-electron chi connectivity index (χ2n) is 9.99. The van der Waals surface area contributed by atoms with Crippen LogP contribution >= 0.6 is 0 Å². The molecule has 2 N–H and O–H groups in total. The maximum Gasteiger partial charge on any atom is 0.273 e. The number of carbonyl (C=O) groups is 2. The first-order valence-corrected chi connectivity index (χ1v) is 12.9. The second kappa shape index (κ2) is 9.20. The van der Waals surface area contributed by atoms with E-state index in [1.54, 1.807) is 20.8 Å². The number of nitrogens with one attached hydrogen (secondary N) is 2. The second-order valence-corrected chi connectivity index (χ2v) is 12.3. The minimum Gasteiger partial charge on any atom is -0.353 e. The van der Waals surface area contributed by atoms with Gasteiger partial charge in [-0.05, 0) is 17.4 Å². The normalized spacial score (nSPS) is 17.3. The zero-order valence-electron chi connectivity index (χ0n) is 19.5. The molecule has 34 heavy (non-hydrogen) atoms. The lowest BCUT2D eigenvalue weighted by atomic mass is 9.81. The van der Waals surface area contributed by atoms with Crippen molar-refractivity contribution in [3.05, 3.63) is 29.7 Å². The number of amides is 2. The van der Waals surface area contributed by atoms with Gasteiger partial charge in [-0.15, -0.1) is 0 Å². The number of rotatable bonds is 8. The first-order chi connectivity index (χ1) is 15.6. The van der Waals surface area contributed by atoms with Gasteiger partial charge in [0.2, 0.25) is 11.8 Å². The maximum absolute atomic E-state index is 14.6. The first kappa shape index (κ1) is 26.0. The van der Waals surface area contributed by atoms with E-state index in [0.29, 0.717) is 0 Å². The molecular formula is C22H29F3N4O4S. The van der Waals surface area contributed by atoms with Crippen LogP contribution in [-0.2, 0) is 21.2 Å². The van der Waals surface area contributed by atoms with Crippen molar-refractivity contribution in [3.8, 4) is 0 Å². The number of nitrogens with zero attached hydrogens (tertiary/aromatic N) is 2. The number of para-hydroxylation sites is 1. The van der Waals surface area contributed by atoms with Crippen LogP contribution in [0.15, 0.2) is 18.2 Å². The minimum atomic E-state index is -3.28. The Morgan fingerprint density at radius 1 is 1.26 bits per heavy atom. The molecule has 1 heterocycles.